The summed E-state index contributed by atoms with van der Waals surface area (Å²) in [6.45, 7) is 4.19. The molecular formula is C56H46O. The van der Waals surface area contributed by atoms with E-state index in [1.165, 1.54) is 39.0 Å². The highest BCUT2D eigenvalue weighted by Crippen LogP contribution is 2.34. The minimum absolute atomic E-state index is 0.835. The molecule has 8 rings (SSSR count). The zero-order valence-corrected chi connectivity index (χ0v) is 32.5. The SMILES string of the molecule is C/C=C/C(=C\C=C/c1cccc(C2=C\c3oc4ccc(-c5ccccc5)cc4c3\C=C/C=C/C=C\C=C/2)c1)c1ccccc1.Cc1ccccc1-c1ccccc1. The smallest absolute Gasteiger partial charge is 0.136 e. The Hall–Kier alpha value is -7.22. The van der Waals surface area contributed by atoms with E-state index < -0.39 is 0 Å². The Morgan fingerprint density at radius 2 is 1.19 bits per heavy atom. The second-order valence-electron chi connectivity index (χ2n) is 13.7. The van der Waals surface area contributed by atoms with Gasteiger partial charge in [-0.3, -0.25) is 0 Å². The zero-order chi connectivity index (χ0) is 39.1. The lowest BCUT2D eigenvalue weighted by Gasteiger charge is -2.05. The third-order valence-electron chi connectivity index (χ3n) is 9.71. The fourth-order valence-corrected chi connectivity index (χ4v) is 6.82. The first kappa shape index (κ1) is 38.1. The second kappa shape index (κ2) is 19.4. The van der Waals surface area contributed by atoms with Gasteiger partial charge in [0.1, 0.15) is 11.3 Å². The third kappa shape index (κ3) is 10.1. The minimum atomic E-state index is 0.835. The van der Waals surface area contributed by atoms with Crippen LogP contribution in [0.3, 0.4) is 0 Å². The fourth-order valence-electron chi connectivity index (χ4n) is 6.82. The molecule has 0 N–H and O–H groups in total. The minimum Gasteiger partial charge on any atom is -0.456 e. The van der Waals surface area contributed by atoms with E-state index in [0.29, 0.717) is 0 Å². The topological polar surface area (TPSA) is 13.1 Å². The quantitative estimate of drug-likeness (QED) is 0.149. The molecule has 0 radical (unpaired) electrons. The number of furan rings is 1. The van der Waals surface area contributed by atoms with Gasteiger partial charge in [-0.15, -0.1) is 0 Å². The molecule has 1 aliphatic rings. The molecule has 276 valence electrons. The van der Waals surface area contributed by atoms with Gasteiger partial charge in [-0.1, -0.05) is 219 Å². The van der Waals surface area contributed by atoms with Crippen LogP contribution in [0.4, 0.5) is 0 Å². The van der Waals surface area contributed by atoms with Crippen LogP contribution in [0.25, 0.3) is 62.6 Å². The average Bonchev–Trinajstić information content (AvgIpc) is 3.60. The van der Waals surface area contributed by atoms with Crippen molar-refractivity contribution in [1.29, 1.82) is 0 Å². The van der Waals surface area contributed by atoms with Crippen LogP contribution in [-0.4, -0.2) is 0 Å². The molecule has 0 atom stereocenters. The molecule has 0 fully saturated rings. The number of benzene rings is 6. The van der Waals surface area contributed by atoms with Gasteiger partial charge in [0.15, 0.2) is 0 Å². The largest absolute Gasteiger partial charge is 0.456 e. The van der Waals surface area contributed by atoms with Gasteiger partial charge in [-0.05, 0) is 93.8 Å². The van der Waals surface area contributed by atoms with E-state index in [2.05, 4.69) is 207 Å². The first-order valence-electron chi connectivity index (χ1n) is 19.5. The zero-order valence-electron chi connectivity index (χ0n) is 32.5. The molecule has 7 aromatic rings. The van der Waals surface area contributed by atoms with E-state index in [1.54, 1.807) is 0 Å². The summed E-state index contributed by atoms with van der Waals surface area (Å²) in [6.07, 6.45) is 29.4. The molecular weight excluding hydrogens is 689 g/mol. The molecule has 0 bridgehead atoms. The van der Waals surface area contributed by atoms with E-state index in [4.69, 9.17) is 4.42 Å². The highest BCUT2D eigenvalue weighted by molar-refractivity contribution is 5.97. The Balaban J connectivity index is 0.000000322. The Labute approximate surface area is 337 Å². The van der Waals surface area contributed by atoms with Crippen molar-refractivity contribution >= 4 is 40.3 Å². The summed E-state index contributed by atoms with van der Waals surface area (Å²) in [5.41, 5.74) is 13.9. The van der Waals surface area contributed by atoms with Crippen molar-refractivity contribution in [3.8, 4) is 22.3 Å². The fraction of sp³-hybridized carbons (Fsp3) is 0.0357. The van der Waals surface area contributed by atoms with Crippen molar-refractivity contribution in [2.45, 2.75) is 13.8 Å². The highest BCUT2D eigenvalue weighted by Gasteiger charge is 2.13. The van der Waals surface area contributed by atoms with Crippen molar-refractivity contribution in [3.05, 3.63) is 258 Å². The maximum Gasteiger partial charge on any atom is 0.136 e. The van der Waals surface area contributed by atoms with Crippen molar-refractivity contribution < 1.29 is 4.42 Å². The standard InChI is InChI=1S/C43H34O.C13H12/c1-2-17-34(35-20-10-7-11-21-35)25-15-18-33-19-16-26-37(30-33)38-24-9-5-3-4-6-14-27-40-41-31-39(36-22-12-8-13-23-36)28-29-42(41)44-43(40)32-38;1-11-7-5-6-10-13(11)12-8-3-2-4-9-12/h2-32H,1H3;2-10H,1H3/b4-3?,5-3-,6-4+,9-5?,14-6?,17-2+,18-15-,24-9-,27-14-,34-25+,38-24?,38-32+,40-27?,43-32?;. The van der Waals surface area contributed by atoms with Crippen LogP contribution in [0.15, 0.2) is 229 Å². The Morgan fingerprint density at radius 3 is 1.93 bits per heavy atom. The average molecular weight is 735 g/mol. The van der Waals surface area contributed by atoms with Gasteiger partial charge >= 0.3 is 0 Å². The number of rotatable bonds is 7. The molecule has 0 saturated heterocycles. The van der Waals surface area contributed by atoms with Crippen LogP contribution in [0.5, 0.6) is 0 Å². The molecule has 1 heterocycles. The summed E-state index contributed by atoms with van der Waals surface area (Å²) in [6, 6.07) is 54.9. The summed E-state index contributed by atoms with van der Waals surface area (Å²) >= 11 is 0. The molecule has 0 spiro atoms. The predicted molar refractivity (Wildman–Crippen MR) is 247 cm³/mol. The molecule has 57 heavy (non-hydrogen) atoms. The summed E-state index contributed by atoms with van der Waals surface area (Å²) < 4.78 is 6.49. The van der Waals surface area contributed by atoms with E-state index >= 15 is 0 Å². The second-order valence-corrected chi connectivity index (χ2v) is 13.7. The van der Waals surface area contributed by atoms with Gasteiger partial charge in [0, 0.05) is 10.9 Å². The van der Waals surface area contributed by atoms with E-state index in [-0.39, 0.29) is 0 Å². The van der Waals surface area contributed by atoms with Gasteiger partial charge < -0.3 is 4.42 Å². The molecule has 6 aromatic carbocycles. The first-order chi connectivity index (χ1) is 28.2. The third-order valence-corrected chi connectivity index (χ3v) is 9.71. The summed E-state index contributed by atoms with van der Waals surface area (Å²) in [7, 11) is 0. The van der Waals surface area contributed by atoms with Crippen LogP contribution in [0.1, 0.15) is 40.5 Å². The Morgan fingerprint density at radius 1 is 0.544 bits per heavy atom. The molecule has 1 aromatic heterocycles. The summed E-state index contributed by atoms with van der Waals surface area (Å²) in [5.74, 6) is 0.835. The van der Waals surface area contributed by atoms with E-state index in [1.807, 2.05) is 49.4 Å². The molecule has 1 aliphatic carbocycles. The van der Waals surface area contributed by atoms with Crippen molar-refractivity contribution in [2.75, 3.05) is 0 Å². The number of hydrogen-bond donors (Lipinski definition) is 0. The van der Waals surface area contributed by atoms with Crippen LogP contribution in [0.2, 0.25) is 0 Å². The van der Waals surface area contributed by atoms with Crippen molar-refractivity contribution in [3.63, 3.8) is 0 Å². The van der Waals surface area contributed by atoms with Crippen molar-refractivity contribution in [2.24, 2.45) is 0 Å². The molecule has 0 amide bonds. The van der Waals surface area contributed by atoms with Crippen LogP contribution < -0.4 is 0 Å². The lowest BCUT2D eigenvalue weighted by Crippen LogP contribution is -1.85. The first-order valence-corrected chi connectivity index (χ1v) is 19.5. The maximum atomic E-state index is 6.49. The van der Waals surface area contributed by atoms with Crippen molar-refractivity contribution in [1.82, 2.24) is 0 Å². The van der Waals surface area contributed by atoms with Gasteiger partial charge in [-0.25, -0.2) is 0 Å². The van der Waals surface area contributed by atoms with Gasteiger partial charge in [0.25, 0.3) is 0 Å². The molecule has 0 unspecified atom stereocenters. The normalized spacial score (nSPS) is 16.0. The highest BCUT2D eigenvalue weighted by atomic mass is 16.3. The van der Waals surface area contributed by atoms with Crippen LogP contribution in [-0.2, 0) is 0 Å². The Bertz CT molecular complexity index is 2660. The number of aryl methyl sites for hydroxylation is 1. The Kier molecular flexibility index (Phi) is 13.0. The molecule has 0 saturated carbocycles. The van der Waals surface area contributed by atoms with E-state index in [0.717, 1.165) is 39.0 Å². The molecule has 1 nitrogen and oxygen atoms in total. The van der Waals surface area contributed by atoms with Gasteiger partial charge in [0.2, 0.25) is 0 Å². The maximum absolute atomic E-state index is 6.49. The number of hydrogen-bond acceptors (Lipinski definition) is 1. The summed E-state index contributed by atoms with van der Waals surface area (Å²) in [4.78, 5) is 0. The predicted octanol–water partition coefficient (Wildman–Crippen LogP) is 15.7. The van der Waals surface area contributed by atoms with Crippen LogP contribution >= 0.6 is 0 Å². The molecule has 0 aliphatic heterocycles. The van der Waals surface area contributed by atoms with Crippen LogP contribution in [0, 0.1) is 6.92 Å². The monoisotopic (exact) mass is 734 g/mol. The lowest BCUT2D eigenvalue weighted by molar-refractivity contribution is 0.603. The number of allylic oxidation sites excluding steroid dienone is 13. The summed E-state index contributed by atoms with van der Waals surface area (Å²) in [5, 5.41) is 1.09. The van der Waals surface area contributed by atoms with Gasteiger partial charge in [0.05, 0.1) is 0 Å². The lowest BCUT2D eigenvalue weighted by atomic mass is 9.98. The van der Waals surface area contributed by atoms with Gasteiger partial charge in [-0.2, -0.15) is 0 Å². The van der Waals surface area contributed by atoms with E-state index in [9.17, 15) is 0 Å². The molecule has 1 heteroatoms. The number of fused-ring (bicyclic) bond motifs is 3.